The molecule has 4 nitrogen and oxygen atoms in total. The van der Waals surface area contributed by atoms with E-state index in [2.05, 4.69) is 17.6 Å². The Morgan fingerprint density at radius 1 is 1.17 bits per heavy atom. The predicted molar refractivity (Wildman–Crippen MR) is 73.7 cm³/mol. The van der Waals surface area contributed by atoms with Crippen LogP contribution in [0, 0.1) is 0 Å². The SMILES string of the molecule is CCCNC1CCC(NC(=O)OC(C)(C)C)CC1. The molecule has 1 aliphatic carbocycles. The predicted octanol–water partition coefficient (Wildman–Crippen LogP) is 2.82. The van der Waals surface area contributed by atoms with Gasteiger partial charge in [-0.2, -0.15) is 0 Å². The fourth-order valence-electron chi connectivity index (χ4n) is 2.26. The molecule has 0 aromatic carbocycles. The van der Waals surface area contributed by atoms with Gasteiger partial charge >= 0.3 is 6.09 Å². The summed E-state index contributed by atoms with van der Waals surface area (Å²) in [6.45, 7) is 8.94. The molecule has 106 valence electrons. The van der Waals surface area contributed by atoms with E-state index in [0.29, 0.717) is 6.04 Å². The molecule has 0 heterocycles. The summed E-state index contributed by atoms with van der Waals surface area (Å²) in [4.78, 5) is 11.6. The Kier molecular flexibility index (Phi) is 5.93. The third kappa shape index (κ3) is 6.24. The Balaban J connectivity index is 2.21. The smallest absolute Gasteiger partial charge is 0.407 e. The Bertz CT molecular complexity index is 253. The standard InChI is InChI=1S/C14H28N2O2/c1-5-10-15-11-6-8-12(9-7-11)16-13(17)18-14(2,3)4/h11-12,15H,5-10H2,1-4H3,(H,16,17). The zero-order valence-corrected chi connectivity index (χ0v) is 12.2. The van der Waals surface area contributed by atoms with Crippen molar-refractivity contribution < 1.29 is 9.53 Å². The van der Waals surface area contributed by atoms with Crippen molar-refractivity contribution in [3.8, 4) is 0 Å². The zero-order valence-electron chi connectivity index (χ0n) is 12.2. The van der Waals surface area contributed by atoms with Gasteiger partial charge in [-0.05, 0) is 59.4 Å². The van der Waals surface area contributed by atoms with Crippen LogP contribution >= 0.6 is 0 Å². The van der Waals surface area contributed by atoms with Gasteiger partial charge in [0.25, 0.3) is 0 Å². The average molecular weight is 256 g/mol. The van der Waals surface area contributed by atoms with Crippen molar-refractivity contribution in [2.24, 2.45) is 0 Å². The van der Waals surface area contributed by atoms with Crippen LogP contribution in [0.1, 0.15) is 59.8 Å². The molecule has 0 atom stereocenters. The molecular formula is C14H28N2O2. The van der Waals surface area contributed by atoms with E-state index in [0.717, 1.165) is 32.2 Å². The normalized spacial score (nSPS) is 24.7. The fraction of sp³-hybridized carbons (Fsp3) is 0.929. The van der Waals surface area contributed by atoms with Gasteiger partial charge in [0, 0.05) is 12.1 Å². The van der Waals surface area contributed by atoms with Crippen LogP contribution in [0.15, 0.2) is 0 Å². The minimum Gasteiger partial charge on any atom is -0.444 e. The molecule has 1 amide bonds. The molecule has 1 saturated carbocycles. The molecule has 4 heteroatoms. The van der Waals surface area contributed by atoms with Gasteiger partial charge in [0.2, 0.25) is 0 Å². The first-order valence-corrected chi connectivity index (χ1v) is 7.13. The summed E-state index contributed by atoms with van der Waals surface area (Å²) in [6.07, 6.45) is 5.26. The maximum absolute atomic E-state index is 11.6. The van der Waals surface area contributed by atoms with Gasteiger partial charge in [-0.15, -0.1) is 0 Å². The van der Waals surface area contributed by atoms with Gasteiger partial charge < -0.3 is 15.4 Å². The second-order valence-corrected chi connectivity index (χ2v) is 6.15. The van der Waals surface area contributed by atoms with Crippen LogP contribution in [-0.4, -0.2) is 30.3 Å². The van der Waals surface area contributed by atoms with Crippen LogP contribution in [-0.2, 0) is 4.74 Å². The molecule has 0 radical (unpaired) electrons. The minimum absolute atomic E-state index is 0.277. The number of nitrogens with one attached hydrogen (secondary N) is 2. The molecule has 0 bridgehead atoms. The van der Waals surface area contributed by atoms with Crippen LogP contribution in [0.2, 0.25) is 0 Å². The number of carbonyl (C=O) groups is 1. The molecule has 1 aliphatic rings. The van der Waals surface area contributed by atoms with E-state index < -0.39 is 5.60 Å². The first-order valence-electron chi connectivity index (χ1n) is 7.13. The Morgan fingerprint density at radius 3 is 2.22 bits per heavy atom. The van der Waals surface area contributed by atoms with Crippen molar-refractivity contribution in [1.82, 2.24) is 10.6 Å². The molecule has 2 N–H and O–H groups in total. The van der Waals surface area contributed by atoms with Crippen LogP contribution in [0.25, 0.3) is 0 Å². The molecular weight excluding hydrogens is 228 g/mol. The highest BCUT2D eigenvalue weighted by Crippen LogP contribution is 2.19. The van der Waals surface area contributed by atoms with E-state index in [9.17, 15) is 4.79 Å². The van der Waals surface area contributed by atoms with E-state index in [1.165, 1.54) is 6.42 Å². The number of alkyl carbamates (subject to hydrolysis) is 1. The summed E-state index contributed by atoms with van der Waals surface area (Å²) in [6, 6.07) is 0.904. The van der Waals surface area contributed by atoms with E-state index in [4.69, 9.17) is 4.74 Å². The summed E-state index contributed by atoms with van der Waals surface area (Å²) in [5.41, 5.74) is -0.413. The molecule has 1 rings (SSSR count). The highest BCUT2D eigenvalue weighted by atomic mass is 16.6. The lowest BCUT2D eigenvalue weighted by Gasteiger charge is -2.30. The van der Waals surface area contributed by atoms with Gasteiger partial charge in [-0.25, -0.2) is 4.79 Å². The van der Waals surface area contributed by atoms with Gasteiger partial charge in [0.1, 0.15) is 5.60 Å². The third-order valence-corrected chi connectivity index (χ3v) is 3.13. The maximum atomic E-state index is 11.6. The zero-order chi connectivity index (χ0) is 13.6. The van der Waals surface area contributed by atoms with Crippen molar-refractivity contribution in [2.45, 2.75) is 77.5 Å². The first kappa shape index (κ1) is 15.3. The minimum atomic E-state index is -0.413. The summed E-state index contributed by atoms with van der Waals surface area (Å²) in [5.74, 6) is 0. The van der Waals surface area contributed by atoms with Crippen LogP contribution in [0.4, 0.5) is 4.79 Å². The molecule has 0 aliphatic heterocycles. The van der Waals surface area contributed by atoms with Gasteiger partial charge in [0.05, 0.1) is 0 Å². The Morgan fingerprint density at radius 2 is 1.72 bits per heavy atom. The second-order valence-electron chi connectivity index (χ2n) is 6.15. The average Bonchev–Trinajstić information content (AvgIpc) is 2.25. The van der Waals surface area contributed by atoms with Gasteiger partial charge in [-0.3, -0.25) is 0 Å². The van der Waals surface area contributed by atoms with Crippen LogP contribution < -0.4 is 10.6 Å². The number of amides is 1. The molecule has 18 heavy (non-hydrogen) atoms. The molecule has 1 fully saturated rings. The van der Waals surface area contributed by atoms with Crippen LogP contribution in [0.3, 0.4) is 0 Å². The number of carbonyl (C=O) groups excluding carboxylic acids is 1. The largest absolute Gasteiger partial charge is 0.444 e. The molecule has 0 unspecified atom stereocenters. The first-order chi connectivity index (χ1) is 8.40. The van der Waals surface area contributed by atoms with E-state index in [-0.39, 0.29) is 12.1 Å². The highest BCUT2D eigenvalue weighted by molar-refractivity contribution is 5.68. The van der Waals surface area contributed by atoms with Crippen molar-refractivity contribution in [2.75, 3.05) is 6.54 Å². The fourth-order valence-corrected chi connectivity index (χ4v) is 2.26. The Labute approximate surface area is 111 Å². The molecule has 0 saturated heterocycles. The van der Waals surface area contributed by atoms with Gasteiger partial charge in [0.15, 0.2) is 0 Å². The highest BCUT2D eigenvalue weighted by Gasteiger charge is 2.24. The van der Waals surface area contributed by atoms with Crippen molar-refractivity contribution in [1.29, 1.82) is 0 Å². The number of rotatable bonds is 4. The number of hydrogen-bond acceptors (Lipinski definition) is 3. The Hall–Kier alpha value is -0.770. The number of hydrogen-bond donors (Lipinski definition) is 2. The van der Waals surface area contributed by atoms with Crippen molar-refractivity contribution in [3.05, 3.63) is 0 Å². The van der Waals surface area contributed by atoms with E-state index in [1.54, 1.807) is 0 Å². The summed E-state index contributed by atoms with van der Waals surface area (Å²) in [7, 11) is 0. The van der Waals surface area contributed by atoms with Gasteiger partial charge in [-0.1, -0.05) is 6.92 Å². The monoisotopic (exact) mass is 256 g/mol. The quantitative estimate of drug-likeness (QED) is 0.813. The molecule has 0 aromatic rings. The molecule has 0 aromatic heterocycles. The topological polar surface area (TPSA) is 50.4 Å². The van der Waals surface area contributed by atoms with E-state index >= 15 is 0 Å². The summed E-state index contributed by atoms with van der Waals surface area (Å²) in [5, 5.41) is 6.50. The molecule has 0 spiro atoms. The summed E-state index contributed by atoms with van der Waals surface area (Å²) < 4.78 is 5.27. The second kappa shape index (κ2) is 6.98. The van der Waals surface area contributed by atoms with Crippen molar-refractivity contribution in [3.63, 3.8) is 0 Å². The lowest BCUT2D eigenvalue weighted by molar-refractivity contribution is 0.0490. The number of ether oxygens (including phenoxy) is 1. The van der Waals surface area contributed by atoms with E-state index in [1.807, 2.05) is 20.8 Å². The lowest BCUT2D eigenvalue weighted by Crippen LogP contribution is -2.44. The van der Waals surface area contributed by atoms with Crippen LogP contribution in [0.5, 0.6) is 0 Å². The third-order valence-electron chi connectivity index (χ3n) is 3.13. The maximum Gasteiger partial charge on any atom is 0.407 e. The summed E-state index contributed by atoms with van der Waals surface area (Å²) >= 11 is 0. The lowest BCUT2D eigenvalue weighted by atomic mass is 9.91. The van der Waals surface area contributed by atoms with Crippen molar-refractivity contribution >= 4 is 6.09 Å².